The predicted molar refractivity (Wildman–Crippen MR) is 145 cm³/mol. The normalized spacial score (nSPS) is 19.7. The molecule has 2 aromatic rings. The summed E-state index contributed by atoms with van der Waals surface area (Å²) in [7, 11) is 1.58. The number of benzene rings is 2. The van der Waals surface area contributed by atoms with Gasteiger partial charge in [-0.05, 0) is 61.2 Å². The molecule has 1 amide bonds. The van der Waals surface area contributed by atoms with Crippen LogP contribution in [0.3, 0.4) is 0 Å². The number of rotatable bonds is 11. The van der Waals surface area contributed by atoms with Crippen LogP contribution in [-0.4, -0.2) is 79.7 Å². The van der Waals surface area contributed by atoms with Gasteiger partial charge in [-0.2, -0.15) is 0 Å². The summed E-state index contributed by atoms with van der Waals surface area (Å²) in [4.78, 5) is 30.6. The summed E-state index contributed by atoms with van der Waals surface area (Å²) in [6, 6.07) is 12.0. The van der Waals surface area contributed by atoms with Gasteiger partial charge in [0.05, 0.1) is 38.5 Å². The largest absolute Gasteiger partial charge is 0.507 e. The van der Waals surface area contributed by atoms with Crippen molar-refractivity contribution >= 4 is 17.4 Å². The smallest absolute Gasteiger partial charge is 0.295 e. The van der Waals surface area contributed by atoms with Crippen LogP contribution in [0.1, 0.15) is 48.9 Å². The lowest BCUT2D eigenvalue weighted by Gasteiger charge is -2.29. The predicted octanol–water partition coefficient (Wildman–Crippen LogP) is 4.33. The zero-order valence-electron chi connectivity index (χ0n) is 22.6. The van der Waals surface area contributed by atoms with Gasteiger partial charge in [-0.15, -0.1) is 0 Å². The SMILES string of the molecule is CCCCOc1ccc(C2/C(=C(\O)c3ccc(OC)cc3C)C(=O)C(=O)N2CCCN2CCOCC2)cc1. The van der Waals surface area contributed by atoms with Gasteiger partial charge in [0.25, 0.3) is 11.7 Å². The summed E-state index contributed by atoms with van der Waals surface area (Å²) < 4.78 is 16.5. The highest BCUT2D eigenvalue weighted by Gasteiger charge is 2.46. The molecule has 1 unspecified atom stereocenters. The van der Waals surface area contributed by atoms with Crippen molar-refractivity contribution in [3.8, 4) is 11.5 Å². The minimum atomic E-state index is -0.689. The lowest BCUT2D eigenvalue weighted by molar-refractivity contribution is -0.140. The van der Waals surface area contributed by atoms with Crippen LogP contribution in [0.15, 0.2) is 48.0 Å². The third kappa shape index (κ3) is 6.19. The second-order valence-corrected chi connectivity index (χ2v) is 9.75. The van der Waals surface area contributed by atoms with E-state index in [1.165, 1.54) is 0 Å². The highest BCUT2D eigenvalue weighted by Crippen LogP contribution is 2.40. The number of nitrogens with zero attached hydrogens (tertiary/aromatic N) is 2. The molecule has 0 saturated carbocycles. The van der Waals surface area contributed by atoms with Crippen LogP contribution in [0, 0.1) is 6.92 Å². The minimum absolute atomic E-state index is 0.106. The molecule has 0 spiro atoms. The van der Waals surface area contributed by atoms with Crippen LogP contribution < -0.4 is 9.47 Å². The summed E-state index contributed by atoms with van der Waals surface area (Å²) >= 11 is 0. The third-order valence-electron chi connectivity index (χ3n) is 7.17. The number of methoxy groups -OCH3 is 1. The van der Waals surface area contributed by atoms with Crippen LogP contribution in [0.25, 0.3) is 5.76 Å². The third-order valence-corrected chi connectivity index (χ3v) is 7.17. The fourth-order valence-corrected chi connectivity index (χ4v) is 5.00. The lowest BCUT2D eigenvalue weighted by Crippen LogP contribution is -2.38. The van der Waals surface area contributed by atoms with E-state index in [2.05, 4.69) is 11.8 Å². The molecule has 38 heavy (non-hydrogen) atoms. The molecule has 2 heterocycles. The Hall–Kier alpha value is -3.36. The average molecular weight is 523 g/mol. The zero-order chi connectivity index (χ0) is 27.1. The number of hydrogen-bond acceptors (Lipinski definition) is 7. The number of carbonyl (C=O) groups is 2. The topological polar surface area (TPSA) is 88.5 Å². The number of aliphatic hydroxyl groups is 1. The summed E-state index contributed by atoms with van der Waals surface area (Å²) in [5.41, 5.74) is 2.11. The second-order valence-electron chi connectivity index (χ2n) is 9.75. The number of amides is 1. The summed E-state index contributed by atoms with van der Waals surface area (Å²) in [6.45, 7) is 8.92. The van der Waals surface area contributed by atoms with E-state index in [0.29, 0.717) is 44.1 Å². The fraction of sp³-hybridized carbons (Fsp3) is 0.467. The Morgan fingerprint density at radius 2 is 1.74 bits per heavy atom. The molecule has 2 saturated heterocycles. The maximum Gasteiger partial charge on any atom is 0.295 e. The van der Waals surface area contributed by atoms with Gasteiger partial charge in [0, 0.05) is 31.7 Å². The van der Waals surface area contributed by atoms with Crippen LogP contribution >= 0.6 is 0 Å². The number of aryl methyl sites for hydroxylation is 1. The van der Waals surface area contributed by atoms with Crippen LogP contribution in [0.2, 0.25) is 0 Å². The maximum absolute atomic E-state index is 13.4. The van der Waals surface area contributed by atoms with Crippen molar-refractivity contribution in [2.75, 3.05) is 53.1 Å². The maximum atomic E-state index is 13.4. The van der Waals surface area contributed by atoms with E-state index < -0.39 is 17.7 Å². The molecule has 2 aromatic carbocycles. The first-order valence-corrected chi connectivity index (χ1v) is 13.4. The first kappa shape index (κ1) is 27.7. The number of ketones is 1. The molecule has 2 aliphatic heterocycles. The summed E-state index contributed by atoms with van der Waals surface area (Å²) in [5, 5.41) is 11.4. The minimum Gasteiger partial charge on any atom is -0.507 e. The van der Waals surface area contributed by atoms with E-state index in [0.717, 1.165) is 49.4 Å². The van der Waals surface area contributed by atoms with Gasteiger partial charge in [0.15, 0.2) is 0 Å². The number of hydrogen-bond donors (Lipinski definition) is 1. The lowest BCUT2D eigenvalue weighted by atomic mass is 9.93. The average Bonchev–Trinajstić information content (AvgIpc) is 3.19. The molecule has 1 atom stereocenters. The van der Waals surface area contributed by atoms with Gasteiger partial charge in [0.1, 0.15) is 17.3 Å². The molecule has 8 heteroatoms. The fourth-order valence-electron chi connectivity index (χ4n) is 5.00. The Bertz CT molecular complexity index is 1150. The molecule has 1 N–H and O–H groups in total. The monoisotopic (exact) mass is 522 g/mol. The molecule has 0 radical (unpaired) electrons. The first-order valence-electron chi connectivity index (χ1n) is 13.4. The quantitative estimate of drug-likeness (QED) is 0.203. The van der Waals surface area contributed by atoms with E-state index in [1.54, 1.807) is 30.2 Å². The second kappa shape index (κ2) is 12.9. The highest BCUT2D eigenvalue weighted by molar-refractivity contribution is 6.46. The Morgan fingerprint density at radius 3 is 2.39 bits per heavy atom. The summed E-state index contributed by atoms with van der Waals surface area (Å²) in [5.74, 6) is -0.0481. The molecule has 4 rings (SSSR count). The van der Waals surface area contributed by atoms with Crippen molar-refractivity contribution in [2.24, 2.45) is 0 Å². The Kier molecular flexibility index (Phi) is 9.42. The van der Waals surface area contributed by atoms with Gasteiger partial charge in [-0.25, -0.2) is 0 Å². The van der Waals surface area contributed by atoms with E-state index in [1.807, 2.05) is 31.2 Å². The molecule has 204 valence electrons. The number of morpholine rings is 1. The van der Waals surface area contributed by atoms with Crippen molar-refractivity contribution < 1.29 is 28.9 Å². The van der Waals surface area contributed by atoms with E-state index >= 15 is 0 Å². The number of ether oxygens (including phenoxy) is 3. The van der Waals surface area contributed by atoms with Crippen molar-refractivity contribution in [3.63, 3.8) is 0 Å². The first-order chi connectivity index (χ1) is 18.4. The van der Waals surface area contributed by atoms with Crippen molar-refractivity contribution in [1.29, 1.82) is 0 Å². The zero-order valence-corrected chi connectivity index (χ0v) is 22.6. The molecule has 0 aliphatic carbocycles. The highest BCUT2D eigenvalue weighted by atomic mass is 16.5. The van der Waals surface area contributed by atoms with E-state index in [9.17, 15) is 14.7 Å². The molecular formula is C30H38N2O6. The van der Waals surface area contributed by atoms with Crippen LogP contribution in [0.4, 0.5) is 0 Å². The number of Topliss-reactive ketones (excluding diaryl/α,β-unsaturated/α-hetero) is 1. The molecule has 8 nitrogen and oxygen atoms in total. The molecule has 0 bridgehead atoms. The van der Waals surface area contributed by atoms with Crippen LogP contribution in [0.5, 0.6) is 11.5 Å². The van der Waals surface area contributed by atoms with Gasteiger partial charge in [-0.1, -0.05) is 25.5 Å². The van der Waals surface area contributed by atoms with Gasteiger partial charge in [-0.3, -0.25) is 14.5 Å². The van der Waals surface area contributed by atoms with E-state index in [4.69, 9.17) is 14.2 Å². The summed E-state index contributed by atoms with van der Waals surface area (Å²) in [6.07, 6.45) is 2.72. The van der Waals surface area contributed by atoms with Crippen molar-refractivity contribution in [2.45, 2.75) is 39.2 Å². The number of likely N-dealkylation sites (tertiary alicyclic amines) is 1. The molecule has 2 aliphatic rings. The van der Waals surface area contributed by atoms with Gasteiger partial charge in [0.2, 0.25) is 0 Å². The number of aliphatic hydroxyl groups excluding tert-OH is 1. The van der Waals surface area contributed by atoms with Gasteiger partial charge >= 0.3 is 0 Å². The van der Waals surface area contributed by atoms with Crippen LogP contribution in [-0.2, 0) is 14.3 Å². The number of carbonyl (C=O) groups excluding carboxylic acids is 2. The standard InChI is InChI=1S/C30H38N2O6/c1-4-5-17-38-23-9-7-22(8-10-23)27-26(28(33)25-12-11-24(36-3)20-21(25)2)29(34)30(35)32(27)14-6-13-31-15-18-37-19-16-31/h7-12,20,27,33H,4-6,13-19H2,1-3H3/b28-26+. The van der Waals surface area contributed by atoms with Gasteiger partial charge < -0.3 is 24.2 Å². The van der Waals surface area contributed by atoms with E-state index in [-0.39, 0.29) is 11.3 Å². The molecular weight excluding hydrogens is 484 g/mol. The van der Waals surface area contributed by atoms with Crippen molar-refractivity contribution in [3.05, 3.63) is 64.7 Å². The Balaban J connectivity index is 1.66. The molecule has 0 aromatic heterocycles. The molecule has 2 fully saturated rings. The Labute approximate surface area is 224 Å². The Morgan fingerprint density at radius 1 is 1.03 bits per heavy atom. The van der Waals surface area contributed by atoms with Crippen molar-refractivity contribution in [1.82, 2.24) is 9.80 Å². The number of unbranched alkanes of at least 4 members (excludes halogenated alkanes) is 1.